The van der Waals surface area contributed by atoms with Gasteiger partial charge in [-0.05, 0) is 124 Å². The summed E-state index contributed by atoms with van der Waals surface area (Å²) in [5.74, 6) is 1.65. The van der Waals surface area contributed by atoms with E-state index in [2.05, 4.69) is 75.9 Å². The van der Waals surface area contributed by atoms with Gasteiger partial charge in [0.05, 0.1) is 17.0 Å². The molecule has 3 aliphatic heterocycles. The number of benzene rings is 3. The molecule has 3 aromatic carbocycles. The minimum atomic E-state index is -0.0771. The Kier molecular flexibility index (Phi) is 7.44. The Bertz CT molecular complexity index is 1670. The fraction of sp³-hybridized carbons (Fsp3) is 0.487. The molecule has 3 saturated heterocycles. The van der Waals surface area contributed by atoms with Crippen LogP contribution in [-0.2, 0) is 16.6 Å². The largest absolute Gasteiger partial charge is 0.508 e. The van der Waals surface area contributed by atoms with Crippen molar-refractivity contribution in [3.63, 3.8) is 0 Å². The lowest BCUT2D eigenvalue weighted by Gasteiger charge is -2.46. The molecule has 1 amide bonds. The standard InChI is InChI=1S/C39H46N4O2/c1-27-40-36-12-5-6-13-37(36)43(27)32-25-30-14-15-31(26-32)42(30)23-20-39(29-9-3-2-4-10-29)18-21-41(22-19-39)38(45)35-11-7-8-28-24-33(44)16-17-34(28)35/h2-6,9-10,12-13,16-17,24,30-32,35,44H,7-8,11,14-15,18-23,25-26H2,1H3. The molecule has 3 unspecified atom stereocenters. The number of fused-ring (bicyclic) bond motifs is 4. The molecule has 8 rings (SSSR count). The summed E-state index contributed by atoms with van der Waals surface area (Å²) >= 11 is 0. The van der Waals surface area contributed by atoms with Crippen LogP contribution in [-0.4, -0.2) is 62.1 Å². The summed E-state index contributed by atoms with van der Waals surface area (Å²) in [6.07, 6.45) is 11.1. The molecule has 3 atom stereocenters. The van der Waals surface area contributed by atoms with Crippen LogP contribution in [0.5, 0.6) is 5.75 Å². The first kappa shape index (κ1) is 28.8. The van der Waals surface area contributed by atoms with E-state index in [9.17, 15) is 9.90 Å². The number of carbonyl (C=O) groups is 1. The number of phenols is 1. The third-order valence-electron chi connectivity index (χ3n) is 12.0. The van der Waals surface area contributed by atoms with E-state index in [4.69, 9.17) is 4.98 Å². The predicted molar refractivity (Wildman–Crippen MR) is 179 cm³/mol. The number of hydrogen-bond acceptors (Lipinski definition) is 4. The minimum absolute atomic E-state index is 0.0771. The summed E-state index contributed by atoms with van der Waals surface area (Å²) < 4.78 is 2.53. The Labute approximate surface area is 267 Å². The number of amides is 1. The molecule has 6 nitrogen and oxygen atoms in total. The smallest absolute Gasteiger partial charge is 0.230 e. The van der Waals surface area contributed by atoms with Gasteiger partial charge in [0.1, 0.15) is 11.6 Å². The molecule has 1 aromatic heterocycles. The SMILES string of the molecule is Cc1nc2ccccc2n1C1CC2CCC(C1)N2CCC1(c2ccccc2)CCN(C(=O)C2CCCc3cc(O)ccc32)CC1. The average molecular weight is 603 g/mol. The van der Waals surface area contributed by atoms with E-state index in [0.717, 1.165) is 80.6 Å². The molecule has 0 saturated carbocycles. The second-order valence-corrected chi connectivity index (χ2v) is 14.3. The van der Waals surface area contributed by atoms with Crippen LogP contribution in [0, 0.1) is 6.92 Å². The summed E-state index contributed by atoms with van der Waals surface area (Å²) in [7, 11) is 0. The number of nitrogens with zero attached hydrogens (tertiary/aromatic N) is 4. The zero-order valence-corrected chi connectivity index (χ0v) is 26.6. The van der Waals surface area contributed by atoms with E-state index in [1.165, 1.54) is 36.8 Å². The van der Waals surface area contributed by atoms with Crippen molar-refractivity contribution in [3.8, 4) is 5.75 Å². The van der Waals surface area contributed by atoms with Crippen molar-refractivity contribution in [2.45, 2.75) is 101 Å². The van der Waals surface area contributed by atoms with Crippen molar-refractivity contribution in [2.75, 3.05) is 19.6 Å². The Balaban J connectivity index is 0.971. The van der Waals surface area contributed by atoms with Gasteiger partial charge in [-0.1, -0.05) is 48.5 Å². The topological polar surface area (TPSA) is 61.6 Å². The first-order chi connectivity index (χ1) is 22.0. The number of hydrogen-bond donors (Lipinski definition) is 1. The molecule has 6 heteroatoms. The number of para-hydroxylation sites is 2. The highest BCUT2D eigenvalue weighted by Crippen LogP contribution is 2.45. The number of aromatic nitrogens is 2. The Morgan fingerprint density at radius 3 is 2.42 bits per heavy atom. The maximum atomic E-state index is 13.9. The van der Waals surface area contributed by atoms with Crippen molar-refractivity contribution >= 4 is 16.9 Å². The number of phenolic OH excluding ortho intramolecular Hbond substituents is 1. The van der Waals surface area contributed by atoms with Crippen molar-refractivity contribution in [1.82, 2.24) is 19.4 Å². The lowest BCUT2D eigenvalue weighted by atomic mass is 9.70. The lowest BCUT2D eigenvalue weighted by molar-refractivity contribution is -0.135. The van der Waals surface area contributed by atoms with Crippen LogP contribution in [0.2, 0.25) is 0 Å². The van der Waals surface area contributed by atoms with Crippen LogP contribution >= 0.6 is 0 Å². The van der Waals surface area contributed by atoms with Crippen LogP contribution in [0.4, 0.5) is 0 Å². The average Bonchev–Trinajstić information content (AvgIpc) is 3.53. The molecule has 1 aliphatic carbocycles. The Morgan fingerprint density at radius 2 is 1.64 bits per heavy atom. The molecule has 234 valence electrons. The molecule has 0 spiro atoms. The van der Waals surface area contributed by atoms with Gasteiger partial charge < -0.3 is 14.6 Å². The fourth-order valence-corrected chi connectivity index (χ4v) is 9.70. The highest BCUT2D eigenvalue weighted by molar-refractivity contribution is 5.84. The van der Waals surface area contributed by atoms with Gasteiger partial charge in [-0.3, -0.25) is 9.69 Å². The molecule has 0 radical (unpaired) electrons. The van der Waals surface area contributed by atoms with Crippen molar-refractivity contribution in [3.05, 3.63) is 95.3 Å². The summed E-state index contributed by atoms with van der Waals surface area (Å²) in [5, 5.41) is 10.0. The van der Waals surface area contributed by atoms with Crippen LogP contribution in [0.25, 0.3) is 11.0 Å². The molecule has 4 heterocycles. The van der Waals surface area contributed by atoms with Gasteiger partial charge in [0.2, 0.25) is 5.91 Å². The number of likely N-dealkylation sites (tertiary alicyclic amines) is 1. The number of aromatic hydroxyl groups is 1. The zero-order valence-electron chi connectivity index (χ0n) is 26.6. The molecule has 45 heavy (non-hydrogen) atoms. The number of aryl methyl sites for hydroxylation is 2. The summed E-state index contributed by atoms with van der Waals surface area (Å²) in [6, 6.07) is 27.2. The Hall–Kier alpha value is -3.64. The van der Waals surface area contributed by atoms with Crippen molar-refractivity contribution < 1.29 is 9.90 Å². The highest BCUT2D eigenvalue weighted by Gasteiger charge is 2.44. The van der Waals surface area contributed by atoms with Gasteiger partial charge in [0.25, 0.3) is 0 Å². The van der Waals surface area contributed by atoms with Crippen LogP contribution in [0.15, 0.2) is 72.8 Å². The van der Waals surface area contributed by atoms with Crippen LogP contribution < -0.4 is 0 Å². The van der Waals surface area contributed by atoms with Crippen molar-refractivity contribution in [1.29, 1.82) is 0 Å². The fourth-order valence-electron chi connectivity index (χ4n) is 9.70. The Morgan fingerprint density at radius 1 is 0.911 bits per heavy atom. The number of rotatable bonds is 6. The highest BCUT2D eigenvalue weighted by atomic mass is 16.3. The molecule has 4 aliphatic rings. The monoisotopic (exact) mass is 602 g/mol. The van der Waals surface area contributed by atoms with E-state index < -0.39 is 0 Å². The van der Waals surface area contributed by atoms with Gasteiger partial charge in [-0.25, -0.2) is 4.98 Å². The summed E-state index contributed by atoms with van der Waals surface area (Å²) in [6.45, 7) is 4.94. The number of carbonyl (C=O) groups excluding carboxylic acids is 1. The molecule has 4 aromatic rings. The molecule has 2 bridgehead atoms. The normalized spacial score (nSPS) is 26.2. The molecule has 3 fully saturated rings. The van der Waals surface area contributed by atoms with E-state index >= 15 is 0 Å². The maximum Gasteiger partial charge on any atom is 0.230 e. The predicted octanol–water partition coefficient (Wildman–Crippen LogP) is 7.29. The van der Waals surface area contributed by atoms with Crippen molar-refractivity contribution in [2.24, 2.45) is 0 Å². The number of imidazole rings is 1. The van der Waals surface area contributed by atoms with Gasteiger partial charge in [0, 0.05) is 31.2 Å². The first-order valence-electron chi connectivity index (χ1n) is 17.3. The van der Waals surface area contributed by atoms with Crippen LogP contribution in [0.3, 0.4) is 0 Å². The molecular formula is C39H46N4O2. The lowest BCUT2D eigenvalue weighted by Crippen LogP contribution is -2.49. The second kappa shape index (κ2) is 11.6. The quantitative estimate of drug-likeness (QED) is 0.252. The van der Waals surface area contributed by atoms with Gasteiger partial charge in [-0.2, -0.15) is 0 Å². The zero-order chi connectivity index (χ0) is 30.5. The minimum Gasteiger partial charge on any atom is -0.508 e. The molecular weight excluding hydrogens is 556 g/mol. The summed E-state index contributed by atoms with van der Waals surface area (Å²) in [4.78, 5) is 23.8. The molecule has 1 N–H and O–H groups in total. The summed E-state index contributed by atoms with van der Waals surface area (Å²) in [5.41, 5.74) is 6.21. The van der Waals surface area contributed by atoms with E-state index in [0.29, 0.717) is 23.9 Å². The first-order valence-corrected chi connectivity index (χ1v) is 17.3. The third kappa shape index (κ3) is 5.15. The van der Waals surface area contributed by atoms with E-state index in [1.807, 2.05) is 12.1 Å². The van der Waals surface area contributed by atoms with Gasteiger partial charge >= 0.3 is 0 Å². The number of piperidine rings is 2. The van der Waals surface area contributed by atoms with E-state index in [1.54, 1.807) is 6.07 Å². The second-order valence-electron chi connectivity index (χ2n) is 14.3. The van der Waals surface area contributed by atoms with Crippen LogP contribution in [0.1, 0.15) is 92.3 Å². The van der Waals surface area contributed by atoms with E-state index in [-0.39, 0.29) is 17.2 Å². The maximum absolute atomic E-state index is 13.9. The van der Waals surface area contributed by atoms with Gasteiger partial charge in [0.15, 0.2) is 0 Å². The third-order valence-corrected chi connectivity index (χ3v) is 12.0. The van der Waals surface area contributed by atoms with Gasteiger partial charge in [-0.15, -0.1) is 0 Å².